The van der Waals surface area contributed by atoms with E-state index in [1.807, 2.05) is 19.1 Å². The monoisotopic (exact) mass is 301 g/mol. The lowest BCUT2D eigenvalue weighted by Gasteiger charge is -2.22. The number of benzene rings is 2. The quantitative estimate of drug-likeness (QED) is 0.775. The molecular formula is C18H23NOS. The zero-order valence-corrected chi connectivity index (χ0v) is 13.9. The summed E-state index contributed by atoms with van der Waals surface area (Å²) in [6.45, 7) is 6.28. The first-order chi connectivity index (χ1) is 10.0. The van der Waals surface area contributed by atoms with E-state index in [1.54, 1.807) is 17.8 Å². The van der Waals surface area contributed by atoms with Crippen LogP contribution in [0.5, 0.6) is 5.75 Å². The number of aromatic hydroxyl groups is 1. The van der Waals surface area contributed by atoms with Gasteiger partial charge in [-0.2, -0.15) is 0 Å². The van der Waals surface area contributed by atoms with E-state index in [0.717, 1.165) is 11.1 Å². The molecule has 2 rings (SSSR count). The molecule has 0 spiro atoms. The van der Waals surface area contributed by atoms with Crippen LogP contribution in [0.4, 0.5) is 0 Å². The highest BCUT2D eigenvalue weighted by atomic mass is 32.2. The lowest BCUT2D eigenvalue weighted by molar-refractivity contribution is 0.438. The van der Waals surface area contributed by atoms with E-state index in [2.05, 4.69) is 49.7 Å². The van der Waals surface area contributed by atoms with Gasteiger partial charge in [0.25, 0.3) is 0 Å². The van der Waals surface area contributed by atoms with Gasteiger partial charge in [0.05, 0.1) is 0 Å². The normalized spacial score (nSPS) is 13.9. The molecule has 0 saturated heterocycles. The molecule has 2 nitrogen and oxygen atoms in total. The first-order valence-electron chi connectivity index (χ1n) is 7.20. The number of phenols is 1. The standard InChI is InChI=1S/C18H23NOS/c1-12-5-10-18(20)17(11-12)14(3)19-13(2)15-6-8-16(21-4)9-7-15/h5-11,13-14,19-20H,1-4H3. The summed E-state index contributed by atoms with van der Waals surface area (Å²) in [4.78, 5) is 1.27. The summed E-state index contributed by atoms with van der Waals surface area (Å²) >= 11 is 1.75. The van der Waals surface area contributed by atoms with Gasteiger partial charge >= 0.3 is 0 Å². The second-order valence-electron chi connectivity index (χ2n) is 5.45. The molecular weight excluding hydrogens is 278 g/mol. The maximum absolute atomic E-state index is 10.0. The topological polar surface area (TPSA) is 32.3 Å². The van der Waals surface area contributed by atoms with Crippen molar-refractivity contribution in [2.45, 2.75) is 37.8 Å². The van der Waals surface area contributed by atoms with Crippen molar-refractivity contribution >= 4 is 11.8 Å². The molecule has 0 aromatic heterocycles. The number of rotatable bonds is 5. The summed E-state index contributed by atoms with van der Waals surface area (Å²) in [6.07, 6.45) is 2.08. The Kier molecular flexibility index (Phi) is 5.32. The average molecular weight is 301 g/mol. The van der Waals surface area contributed by atoms with Gasteiger partial charge in [0, 0.05) is 22.5 Å². The third kappa shape index (κ3) is 4.02. The van der Waals surface area contributed by atoms with Gasteiger partial charge in [0.1, 0.15) is 5.75 Å². The zero-order chi connectivity index (χ0) is 15.4. The lowest BCUT2D eigenvalue weighted by atomic mass is 10.0. The van der Waals surface area contributed by atoms with Crippen molar-refractivity contribution in [3.8, 4) is 5.75 Å². The summed E-state index contributed by atoms with van der Waals surface area (Å²) < 4.78 is 0. The predicted molar refractivity (Wildman–Crippen MR) is 91.0 cm³/mol. The Morgan fingerprint density at radius 2 is 1.67 bits per heavy atom. The maximum Gasteiger partial charge on any atom is 0.120 e. The van der Waals surface area contributed by atoms with Crippen LogP contribution in [-0.4, -0.2) is 11.4 Å². The Labute approximate surface area is 131 Å². The smallest absolute Gasteiger partial charge is 0.120 e. The number of phenolic OH excluding ortho intramolecular Hbond substituents is 1. The molecule has 0 amide bonds. The van der Waals surface area contributed by atoms with Crippen LogP contribution in [0.1, 0.15) is 42.6 Å². The molecule has 2 N–H and O–H groups in total. The van der Waals surface area contributed by atoms with Crippen LogP contribution < -0.4 is 5.32 Å². The molecule has 0 fully saturated rings. The third-order valence-electron chi connectivity index (χ3n) is 3.77. The fourth-order valence-electron chi connectivity index (χ4n) is 2.47. The number of hydrogen-bond donors (Lipinski definition) is 2. The van der Waals surface area contributed by atoms with Gasteiger partial charge in [-0.25, -0.2) is 0 Å². The van der Waals surface area contributed by atoms with Crippen molar-refractivity contribution in [1.82, 2.24) is 5.32 Å². The molecule has 0 radical (unpaired) electrons. The van der Waals surface area contributed by atoms with E-state index < -0.39 is 0 Å². The van der Waals surface area contributed by atoms with Gasteiger partial charge in [-0.05, 0) is 50.8 Å². The Morgan fingerprint density at radius 3 is 2.29 bits per heavy atom. The second-order valence-corrected chi connectivity index (χ2v) is 6.33. The van der Waals surface area contributed by atoms with E-state index in [1.165, 1.54) is 10.5 Å². The SMILES string of the molecule is CSc1ccc(C(C)NC(C)c2cc(C)ccc2O)cc1. The molecule has 3 heteroatoms. The van der Waals surface area contributed by atoms with Crippen molar-refractivity contribution in [2.24, 2.45) is 0 Å². The van der Waals surface area contributed by atoms with Crippen LogP contribution in [0.25, 0.3) is 0 Å². The third-order valence-corrected chi connectivity index (χ3v) is 4.51. The van der Waals surface area contributed by atoms with Crippen molar-refractivity contribution in [3.63, 3.8) is 0 Å². The van der Waals surface area contributed by atoms with Gasteiger partial charge in [-0.1, -0.05) is 29.8 Å². The van der Waals surface area contributed by atoms with Crippen LogP contribution in [0.2, 0.25) is 0 Å². The summed E-state index contributed by atoms with van der Waals surface area (Å²) in [5.41, 5.74) is 3.36. The number of hydrogen-bond acceptors (Lipinski definition) is 3. The minimum absolute atomic E-state index is 0.0973. The molecule has 0 saturated carbocycles. The van der Waals surface area contributed by atoms with Crippen molar-refractivity contribution in [3.05, 3.63) is 59.2 Å². The van der Waals surface area contributed by atoms with Crippen molar-refractivity contribution in [2.75, 3.05) is 6.26 Å². The van der Waals surface area contributed by atoms with E-state index in [9.17, 15) is 5.11 Å². The minimum atomic E-state index is 0.0973. The van der Waals surface area contributed by atoms with Crippen molar-refractivity contribution < 1.29 is 5.11 Å². The Bertz CT molecular complexity index is 595. The largest absolute Gasteiger partial charge is 0.508 e. The second kappa shape index (κ2) is 7.01. The van der Waals surface area contributed by atoms with Gasteiger partial charge in [0.2, 0.25) is 0 Å². The molecule has 21 heavy (non-hydrogen) atoms. The molecule has 0 heterocycles. The van der Waals surface area contributed by atoms with Gasteiger partial charge in [-0.15, -0.1) is 11.8 Å². The number of aryl methyl sites for hydroxylation is 1. The van der Waals surface area contributed by atoms with E-state index in [-0.39, 0.29) is 12.1 Å². The fraction of sp³-hybridized carbons (Fsp3) is 0.333. The number of nitrogens with one attached hydrogen (secondary N) is 1. The van der Waals surface area contributed by atoms with Gasteiger partial charge in [0.15, 0.2) is 0 Å². The molecule has 112 valence electrons. The fourth-order valence-corrected chi connectivity index (χ4v) is 2.88. The van der Waals surface area contributed by atoms with Crippen LogP contribution in [0, 0.1) is 6.92 Å². The minimum Gasteiger partial charge on any atom is -0.508 e. The first kappa shape index (κ1) is 15.9. The summed E-state index contributed by atoms with van der Waals surface area (Å²) in [5.74, 6) is 0.352. The number of thioether (sulfide) groups is 1. The van der Waals surface area contributed by atoms with Crippen LogP contribution in [0.15, 0.2) is 47.4 Å². The molecule has 2 aromatic rings. The molecule has 2 aromatic carbocycles. The summed E-state index contributed by atoms with van der Waals surface area (Å²) in [7, 11) is 0. The highest BCUT2D eigenvalue weighted by Crippen LogP contribution is 2.27. The maximum atomic E-state index is 10.0. The Hall–Kier alpha value is -1.45. The lowest BCUT2D eigenvalue weighted by Crippen LogP contribution is -2.22. The van der Waals surface area contributed by atoms with Gasteiger partial charge in [-0.3, -0.25) is 0 Å². The Morgan fingerprint density at radius 1 is 1.00 bits per heavy atom. The molecule has 0 bridgehead atoms. The highest BCUT2D eigenvalue weighted by Gasteiger charge is 2.14. The molecule has 0 aliphatic rings. The van der Waals surface area contributed by atoms with Crippen LogP contribution >= 0.6 is 11.8 Å². The van der Waals surface area contributed by atoms with Crippen LogP contribution in [-0.2, 0) is 0 Å². The predicted octanol–water partition coefficient (Wildman–Crippen LogP) is 4.83. The molecule has 0 aliphatic heterocycles. The van der Waals surface area contributed by atoms with E-state index in [0.29, 0.717) is 5.75 Å². The van der Waals surface area contributed by atoms with Crippen molar-refractivity contribution in [1.29, 1.82) is 0 Å². The first-order valence-corrected chi connectivity index (χ1v) is 8.43. The molecule has 2 atom stereocenters. The Balaban J connectivity index is 2.10. The molecule has 0 aliphatic carbocycles. The molecule has 2 unspecified atom stereocenters. The van der Waals surface area contributed by atoms with E-state index >= 15 is 0 Å². The van der Waals surface area contributed by atoms with Crippen LogP contribution in [0.3, 0.4) is 0 Å². The zero-order valence-electron chi connectivity index (χ0n) is 13.1. The van der Waals surface area contributed by atoms with Gasteiger partial charge < -0.3 is 10.4 Å². The highest BCUT2D eigenvalue weighted by molar-refractivity contribution is 7.98. The average Bonchev–Trinajstić information content (AvgIpc) is 2.49. The summed E-state index contributed by atoms with van der Waals surface area (Å²) in [5, 5.41) is 13.6. The van der Waals surface area contributed by atoms with E-state index in [4.69, 9.17) is 0 Å². The summed E-state index contributed by atoms with van der Waals surface area (Å²) in [6, 6.07) is 14.7.